The first kappa shape index (κ1) is 27.2. The molecule has 0 aliphatic rings. The van der Waals surface area contributed by atoms with E-state index in [9.17, 15) is 14.4 Å². The molecule has 0 atom stereocenters. The molecule has 0 aliphatic heterocycles. The Labute approximate surface area is 208 Å². The van der Waals surface area contributed by atoms with Crippen molar-refractivity contribution in [2.45, 2.75) is 20.8 Å². The van der Waals surface area contributed by atoms with Crippen molar-refractivity contribution in [3.05, 3.63) is 45.8 Å². The number of thiocarbonyl (C=S) groups is 1. The number of carbonyl (C=O) groups excluding carboxylic acids is 3. The van der Waals surface area contributed by atoms with Gasteiger partial charge in [-0.15, -0.1) is 11.3 Å². The third-order valence-electron chi connectivity index (χ3n) is 5.05. The summed E-state index contributed by atoms with van der Waals surface area (Å²) in [6, 6.07) is 6.65. The molecule has 0 amide bonds. The minimum absolute atomic E-state index is 0.192. The molecular formula is C23H29N3O6S2. The van der Waals surface area contributed by atoms with Crippen LogP contribution in [0.2, 0.25) is 0 Å². The molecule has 0 bridgehead atoms. The molecule has 1 aromatic carbocycles. The molecule has 1 aromatic heterocycles. The highest BCUT2D eigenvalue weighted by Crippen LogP contribution is 2.34. The zero-order valence-electron chi connectivity index (χ0n) is 19.9. The number of esters is 3. The van der Waals surface area contributed by atoms with Gasteiger partial charge in [-0.1, -0.05) is 13.8 Å². The van der Waals surface area contributed by atoms with Crippen LogP contribution in [0.25, 0.3) is 0 Å². The van der Waals surface area contributed by atoms with Crippen molar-refractivity contribution in [2.24, 2.45) is 0 Å². The zero-order chi connectivity index (χ0) is 25.3. The van der Waals surface area contributed by atoms with Crippen molar-refractivity contribution in [3.63, 3.8) is 0 Å². The number of hydrogen-bond acceptors (Lipinski definition) is 9. The lowest BCUT2D eigenvalue weighted by atomic mass is 10.1. The average Bonchev–Trinajstić information content (AvgIpc) is 3.16. The maximum Gasteiger partial charge on any atom is 0.348 e. The summed E-state index contributed by atoms with van der Waals surface area (Å²) in [6.07, 6.45) is 0. The zero-order valence-corrected chi connectivity index (χ0v) is 21.5. The smallest absolute Gasteiger partial charge is 0.348 e. The first-order valence-electron chi connectivity index (χ1n) is 10.6. The molecule has 0 unspecified atom stereocenters. The summed E-state index contributed by atoms with van der Waals surface area (Å²) < 4.78 is 15.0. The van der Waals surface area contributed by atoms with E-state index in [0.29, 0.717) is 35.0 Å². The van der Waals surface area contributed by atoms with Gasteiger partial charge in [-0.2, -0.15) is 0 Å². The highest BCUT2D eigenvalue weighted by molar-refractivity contribution is 7.80. The van der Waals surface area contributed by atoms with Crippen LogP contribution in [-0.4, -0.2) is 68.4 Å². The number of anilines is 2. The molecule has 2 N–H and O–H groups in total. The van der Waals surface area contributed by atoms with Gasteiger partial charge in [-0.25, -0.2) is 14.4 Å². The van der Waals surface area contributed by atoms with E-state index in [4.69, 9.17) is 26.4 Å². The van der Waals surface area contributed by atoms with Crippen LogP contribution in [0.3, 0.4) is 0 Å². The molecule has 2 rings (SSSR count). The van der Waals surface area contributed by atoms with E-state index in [2.05, 4.69) is 29.4 Å². The van der Waals surface area contributed by atoms with Crippen molar-refractivity contribution in [2.75, 3.05) is 51.1 Å². The molecule has 0 saturated carbocycles. The van der Waals surface area contributed by atoms with E-state index in [-0.39, 0.29) is 15.6 Å². The Morgan fingerprint density at radius 2 is 1.59 bits per heavy atom. The molecule has 0 radical (unpaired) electrons. The van der Waals surface area contributed by atoms with E-state index in [1.54, 1.807) is 31.2 Å². The fraction of sp³-hybridized carbons (Fsp3) is 0.391. The van der Waals surface area contributed by atoms with Gasteiger partial charge in [-0.05, 0) is 62.1 Å². The fourth-order valence-electron chi connectivity index (χ4n) is 3.08. The van der Waals surface area contributed by atoms with Gasteiger partial charge in [0.25, 0.3) is 0 Å². The second kappa shape index (κ2) is 13.0. The number of ether oxygens (including phenoxy) is 3. The van der Waals surface area contributed by atoms with Gasteiger partial charge in [0, 0.05) is 12.2 Å². The summed E-state index contributed by atoms with van der Waals surface area (Å²) >= 11 is 6.40. The summed E-state index contributed by atoms with van der Waals surface area (Å²) in [7, 11) is 2.52. The van der Waals surface area contributed by atoms with Gasteiger partial charge in [0.1, 0.15) is 16.5 Å². The van der Waals surface area contributed by atoms with Gasteiger partial charge < -0.3 is 29.7 Å². The molecule has 0 fully saturated rings. The minimum Gasteiger partial charge on any atom is -0.465 e. The Morgan fingerprint density at radius 1 is 0.971 bits per heavy atom. The number of methoxy groups -OCH3 is 2. The Kier molecular flexibility index (Phi) is 10.4. The highest BCUT2D eigenvalue weighted by atomic mass is 32.1. The normalized spacial score (nSPS) is 10.5. The monoisotopic (exact) mass is 507 g/mol. The number of hydrogen-bond donors (Lipinski definition) is 2. The Hall–Kier alpha value is -3.02. The summed E-state index contributed by atoms with van der Waals surface area (Å²) in [6.45, 7) is 8.57. The van der Waals surface area contributed by atoms with E-state index in [1.165, 1.54) is 14.2 Å². The Morgan fingerprint density at radius 3 is 2.15 bits per heavy atom. The molecule has 11 heteroatoms. The van der Waals surface area contributed by atoms with Crippen LogP contribution >= 0.6 is 23.6 Å². The molecule has 0 spiro atoms. The third kappa shape index (κ3) is 6.99. The Balaban J connectivity index is 2.03. The van der Waals surface area contributed by atoms with Crippen LogP contribution in [-0.2, 0) is 14.2 Å². The summed E-state index contributed by atoms with van der Waals surface area (Å²) in [5.41, 5.74) is 1.70. The lowest BCUT2D eigenvalue weighted by Crippen LogP contribution is -2.27. The van der Waals surface area contributed by atoms with Crippen molar-refractivity contribution in [1.82, 2.24) is 4.90 Å². The number of thiophene rings is 1. The average molecular weight is 508 g/mol. The number of nitrogens with zero attached hydrogens (tertiary/aromatic N) is 1. The molecule has 1 heterocycles. The quantitative estimate of drug-likeness (QED) is 0.279. The van der Waals surface area contributed by atoms with E-state index < -0.39 is 17.9 Å². The van der Waals surface area contributed by atoms with Gasteiger partial charge in [0.2, 0.25) is 0 Å². The maximum absolute atomic E-state index is 12.2. The second-order valence-electron chi connectivity index (χ2n) is 7.06. The largest absolute Gasteiger partial charge is 0.465 e. The predicted molar refractivity (Wildman–Crippen MR) is 136 cm³/mol. The van der Waals surface area contributed by atoms with Crippen molar-refractivity contribution >= 4 is 57.3 Å². The van der Waals surface area contributed by atoms with Crippen molar-refractivity contribution < 1.29 is 28.6 Å². The first-order chi connectivity index (χ1) is 16.2. The number of nitrogens with one attached hydrogen (secondary N) is 2. The van der Waals surface area contributed by atoms with Crippen LogP contribution in [0.4, 0.5) is 10.7 Å². The molecule has 34 heavy (non-hydrogen) atoms. The number of benzene rings is 1. The predicted octanol–water partition coefficient (Wildman–Crippen LogP) is 3.94. The van der Waals surface area contributed by atoms with Crippen LogP contribution in [0.5, 0.6) is 0 Å². The third-order valence-corrected chi connectivity index (χ3v) is 6.44. The lowest BCUT2D eigenvalue weighted by Gasteiger charge is -2.17. The molecule has 2 aromatic rings. The maximum atomic E-state index is 12.2. The van der Waals surface area contributed by atoms with Gasteiger partial charge in [0.15, 0.2) is 5.11 Å². The lowest BCUT2D eigenvalue weighted by molar-refractivity contribution is 0.0465. The molecule has 184 valence electrons. The van der Waals surface area contributed by atoms with E-state index in [0.717, 1.165) is 24.4 Å². The van der Waals surface area contributed by atoms with Gasteiger partial charge in [-0.3, -0.25) is 0 Å². The van der Waals surface area contributed by atoms with Crippen LogP contribution in [0.1, 0.15) is 49.8 Å². The topological polar surface area (TPSA) is 106 Å². The summed E-state index contributed by atoms with van der Waals surface area (Å²) in [5, 5.41) is 6.47. The second-order valence-corrected chi connectivity index (χ2v) is 8.49. The molecule has 0 saturated heterocycles. The summed E-state index contributed by atoms with van der Waals surface area (Å²) in [5.74, 6) is -1.55. The highest BCUT2D eigenvalue weighted by Gasteiger charge is 2.26. The van der Waals surface area contributed by atoms with Crippen molar-refractivity contribution in [1.29, 1.82) is 0 Å². The number of likely N-dealkylation sites (N-methyl/N-ethyl adjacent to an activating group) is 1. The fourth-order valence-corrected chi connectivity index (χ4v) is 4.48. The van der Waals surface area contributed by atoms with Crippen LogP contribution < -0.4 is 10.6 Å². The van der Waals surface area contributed by atoms with Crippen molar-refractivity contribution in [3.8, 4) is 0 Å². The van der Waals surface area contributed by atoms with Gasteiger partial charge in [0.05, 0.1) is 25.3 Å². The molecule has 9 nitrogen and oxygen atoms in total. The SMILES string of the molecule is CCN(CC)CCOC(=O)c1ccc(NC(=S)Nc2sc(C(=O)OC)c(C)c2C(=O)OC)cc1. The molecule has 0 aliphatic carbocycles. The van der Waals surface area contributed by atoms with E-state index in [1.807, 2.05) is 0 Å². The standard InChI is InChI=1S/C23H29N3O6S2/c1-6-26(7-2)12-13-32-20(27)15-8-10-16(11-9-15)24-23(33)25-19-17(21(28)30-4)14(3)18(34-19)22(29)31-5/h8-11H,6-7,12-13H2,1-5H3,(H2,24,25,33). The number of carbonyl (C=O) groups is 3. The molecular weight excluding hydrogens is 478 g/mol. The van der Waals surface area contributed by atoms with Crippen LogP contribution in [0.15, 0.2) is 24.3 Å². The van der Waals surface area contributed by atoms with Crippen LogP contribution in [0, 0.1) is 6.92 Å². The minimum atomic E-state index is -0.599. The first-order valence-corrected chi connectivity index (χ1v) is 11.9. The Bertz CT molecular complexity index is 1030. The number of rotatable bonds is 10. The summed E-state index contributed by atoms with van der Waals surface area (Å²) in [4.78, 5) is 39.0. The van der Waals surface area contributed by atoms with Gasteiger partial charge >= 0.3 is 17.9 Å². The van der Waals surface area contributed by atoms with E-state index >= 15 is 0 Å².